The third-order valence-corrected chi connectivity index (χ3v) is 3.26. The summed E-state index contributed by atoms with van der Waals surface area (Å²) in [6, 6.07) is 9.22. The van der Waals surface area contributed by atoms with Crippen LogP contribution in [0.3, 0.4) is 0 Å². The number of hydrogen-bond donors (Lipinski definition) is 0. The van der Waals surface area contributed by atoms with Gasteiger partial charge in [0, 0.05) is 12.6 Å². The summed E-state index contributed by atoms with van der Waals surface area (Å²) in [7, 11) is 1.94. The first kappa shape index (κ1) is 13.7. The van der Waals surface area contributed by atoms with Gasteiger partial charge >= 0.3 is 0 Å². The molecule has 100 valence electrons. The van der Waals surface area contributed by atoms with Crippen LogP contribution < -0.4 is 4.90 Å². The van der Waals surface area contributed by atoms with Gasteiger partial charge in [0.15, 0.2) is 5.78 Å². The van der Waals surface area contributed by atoms with Crippen molar-refractivity contribution in [2.45, 2.75) is 20.4 Å². The Hall–Kier alpha value is -1.74. The van der Waals surface area contributed by atoms with Gasteiger partial charge in [0.2, 0.25) is 0 Å². The molecule has 0 amide bonds. The summed E-state index contributed by atoms with van der Waals surface area (Å²) in [5, 5.41) is 0.568. The van der Waals surface area contributed by atoms with Gasteiger partial charge in [-0.3, -0.25) is 4.79 Å². The SMILES string of the molecule is CC(=O)c1ccc(N(C)Cc2ccc(C)o2)c(Cl)c1. The molecule has 0 aliphatic heterocycles. The number of carbonyl (C=O) groups excluding carboxylic acids is 1. The van der Waals surface area contributed by atoms with Crippen molar-refractivity contribution in [3.05, 3.63) is 52.4 Å². The van der Waals surface area contributed by atoms with Gasteiger partial charge < -0.3 is 9.32 Å². The van der Waals surface area contributed by atoms with Crippen molar-refractivity contribution in [2.24, 2.45) is 0 Å². The number of nitrogens with zero attached hydrogens (tertiary/aromatic N) is 1. The number of Topliss-reactive ketones (excluding diaryl/α,β-unsaturated/α-hetero) is 1. The van der Waals surface area contributed by atoms with Gasteiger partial charge in [-0.05, 0) is 44.2 Å². The van der Waals surface area contributed by atoms with E-state index in [-0.39, 0.29) is 5.78 Å². The number of furan rings is 1. The van der Waals surface area contributed by atoms with Gasteiger partial charge in [0.05, 0.1) is 17.3 Å². The third-order valence-electron chi connectivity index (χ3n) is 2.95. The van der Waals surface area contributed by atoms with Crippen molar-refractivity contribution in [1.82, 2.24) is 0 Å². The smallest absolute Gasteiger partial charge is 0.159 e. The van der Waals surface area contributed by atoms with Crippen LogP contribution in [0.1, 0.15) is 28.8 Å². The van der Waals surface area contributed by atoms with Crippen LogP contribution in [0.15, 0.2) is 34.7 Å². The zero-order valence-electron chi connectivity index (χ0n) is 11.2. The minimum Gasteiger partial charge on any atom is -0.464 e. The van der Waals surface area contributed by atoms with Crippen LogP contribution in [-0.2, 0) is 6.54 Å². The Balaban J connectivity index is 2.19. The molecule has 3 nitrogen and oxygen atoms in total. The maximum atomic E-state index is 11.3. The van der Waals surface area contributed by atoms with E-state index in [2.05, 4.69) is 0 Å². The second-order valence-corrected chi connectivity index (χ2v) is 5.00. The molecule has 0 radical (unpaired) electrons. The minimum atomic E-state index is 0.0118. The zero-order chi connectivity index (χ0) is 14.0. The molecule has 0 aliphatic rings. The average Bonchev–Trinajstić information content (AvgIpc) is 2.74. The van der Waals surface area contributed by atoms with Gasteiger partial charge in [0.1, 0.15) is 11.5 Å². The number of anilines is 1. The highest BCUT2D eigenvalue weighted by molar-refractivity contribution is 6.33. The quantitative estimate of drug-likeness (QED) is 0.790. The van der Waals surface area contributed by atoms with Gasteiger partial charge in [-0.2, -0.15) is 0 Å². The first-order chi connectivity index (χ1) is 8.97. The second-order valence-electron chi connectivity index (χ2n) is 4.59. The zero-order valence-corrected chi connectivity index (χ0v) is 12.0. The average molecular weight is 278 g/mol. The molecule has 0 spiro atoms. The summed E-state index contributed by atoms with van der Waals surface area (Å²) in [4.78, 5) is 13.3. The number of carbonyl (C=O) groups is 1. The maximum absolute atomic E-state index is 11.3. The van der Waals surface area contributed by atoms with Crippen molar-refractivity contribution in [3.8, 4) is 0 Å². The van der Waals surface area contributed by atoms with Crippen molar-refractivity contribution < 1.29 is 9.21 Å². The largest absolute Gasteiger partial charge is 0.464 e. The van der Waals surface area contributed by atoms with Crippen molar-refractivity contribution in [3.63, 3.8) is 0 Å². The normalized spacial score (nSPS) is 10.5. The van der Waals surface area contributed by atoms with E-state index in [1.54, 1.807) is 12.1 Å². The Kier molecular flexibility index (Phi) is 3.96. The fourth-order valence-corrected chi connectivity index (χ4v) is 2.25. The highest BCUT2D eigenvalue weighted by Gasteiger charge is 2.10. The molecule has 0 N–H and O–H groups in total. The van der Waals surface area contributed by atoms with Crippen LogP contribution in [0.2, 0.25) is 5.02 Å². The molecule has 0 bridgehead atoms. The summed E-state index contributed by atoms with van der Waals surface area (Å²) < 4.78 is 5.54. The molecule has 19 heavy (non-hydrogen) atoms. The van der Waals surface area contributed by atoms with Crippen LogP contribution >= 0.6 is 11.6 Å². The van der Waals surface area contributed by atoms with E-state index in [4.69, 9.17) is 16.0 Å². The summed E-state index contributed by atoms with van der Waals surface area (Å²) in [5.41, 5.74) is 1.50. The van der Waals surface area contributed by atoms with Gasteiger partial charge in [-0.15, -0.1) is 0 Å². The molecule has 1 heterocycles. The number of aryl methyl sites for hydroxylation is 1. The predicted octanol–water partition coefficient (Wildman–Crippen LogP) is 4.08. The summed E-state index contributed by atoms with van der Waals surface area (Å²) >= 11 is 6.22. The van der Waals surface area contributed by atoms with Crippen LogP contribution in [-0.4, -0.2) is 12.8 Å². The fraction of sp³-hybridized carbons (Fsp3) is 0.267. The Morgan fingerprint density at radius 2 is 2.05 bits per heavy atom. The molecule has 1 aromatic heterocycles. The number of ketones is 1. The molecule has 4 heteroatoms. The molecule has 0 saturated heterocycles. The molecule has 2 aromatic rings. The van der Waals surface area contributed by atoms with E-state index in [9.17, 15) is 4.79 Å². The molecule has 0 fully saturated rings. The Bertz CT molecular complexity index is 604. The lowest BCUT2D eigenvalue weighted by atomic mass is 10.1. The summed E-state index contributed by atoms with van der Waals surface area (Å²) in [6.07, 6.45) is 0. The predicted molar refractivity (Wildman–Crippen MR) is 77.0 cm³/mol. The van der Waals surface area contributed by atoms with E-state index >= 15 is 0 Å². The lowest BCUT2D eigenvalue weighted by molar-refractivity contribution is 0.101. The molecule has 0 atom stereocenters. The van der Waals surface area contributed by atoms with Crippen LogP contribution in [0, 0.1) is 6.92 Å². The molecular formula is C15H16ClNO2. The topological polar surface area (TPSA) is 33.5 Å². The van der Waals surface area contributed by atoms with Gasteiger partial charge in [0.25, 0.3) is 0 Å². The Morgan fingerprint density at radius 1 is 1.32 bits per heavy atom. The number of rotatable bonds is 4. The van der Waals surface area contributed by atoms with E-state index in [0.717, 1.165) is 17.2 Å². The number of hydrogen-bond acceptors (Lipinski definition) is 3. The molecule has 0 aliphatic carbocycles. The number of benzene rings is 1. The van der Waals surface area contributed by atoms with Crippen molar-refractivity contribution >= 4 is 23.1 Å². The highest BCUT2D eigenvalue weighted by Crippen LogP contribution is 2.27. The molecular weight excluding hydrogens is 262 g/mol. The molecule has 0 saturated carbocycles. The first-order valence-electron chi connectivity index (χ1n) is 6.04. The lowest BCUT2D eigenvalue weighted by Gasteiger charge is -2.19. The minimum absolute atomic E-state index is 0.0118. The van der Waals surface area contributed by atoms with Crippen LogP contribution in [0.4, 0.5) is 5.69 Å². The standard InChI is InChI=1S/C15H16ClNO2/c1-10-4-6-13(19-10)9-17(3)15-7-5-12(11(2)18)8-14(15)16/h4-8H,9H2,1-3H3. The van der Waals surface area contributed by atoms with E-state index in [1.165, 1.54) is 6.92 Å². The Labute approximate surface area is 117 Å². The van der Waals surface area contributed by atoms with Crippen LogP contribution in [0.25, 0.3) is 0 Å². The maximum Gasteiger partial charge on any atom is 0.159 e. The van der Waals surface area contributed by atoms with E-state index < -0.39 is 0 Å². The second kappa shape index (κ2) is 5.49. The third kappa shape index (κ3) is 3.18. The summed E-state index contributed by atoms with van der Waals surface area (Å²) in [6.45, 7) is 4.08. The lowest BCUT2D eigenvalue weighted by Crippen LogP contribution is -2.16. The highest BCUT2D eigenvalue weighted by atomic mass is 35.5. The van der Waals surface area contributed by atoms with E-state index in [1.807, 2.05) is 37.1 Å². The van der Waals surface area contributed by atoms with Crippen LogP contribution in [0.5, 0.6) is 0 Å². The van der Waals surface area contributed by atoms with E-state index in [0.29, 0.717) is 17.1 Å². The monoisotopic (exact) mass is 277 g/mol. The number of halogens is 1. The molecule has 2 rings (SSSR count). The Morgan fingerprint density at radius 3 is 2.58 bits per heavy atom. The summed E-state index contributed by atoms with van der Waals surface area (Å²) in [5.74, 6) is 1.78. The van der Waals surface area contributed by atoms with Crippen molar-refractivity contribution in [1.29, 1.82) is 0 Å². The fourth-order valence-electron chi connectivity index (χ4n) is 1.92. The first-order valence-corrected chi connectivity index (χ1v) is 6.42. The molecule has 0 unspecified atom stereocenters. The van der Waals surface area contributed by atoms with Gasteiger partial charge in [-0.25, -0.2) is 0 Å². The molecule has 1 aromatic carbocycles. The van der Waals surface area contributed by atoms with Crippen molar-refractivity contribution in [2.75, 3.05) is 11.9 Å². The van der Waals surface area contributed by atoms with Gasteiger partial charge in [-0.1, -0.05) is 11.6 Å².